The number of hydrogen-bond donors (Lipinski definition) is 2. The quantitative estimate of drug-likeness (QED) is 0.508. The van der Waals surface area contributed by atoms with Crippen LogP contribution >= 0.6 is 11.6 Å². The van der Waals surface area contributed by atoms with E-state index in [0.29, 0.717) is 30.2 Å². The van der Waals surface area contributed by atoms with Crippen molar-refractivity contribution in [2.75, 3.05) is 50.8 Å². The predicted molar refractivity (Wildman–Crippen MR) is 141 cm³/mol. The Labute approximate surface area is 215 Å². The average Bonchev–Trinajstić information content (AvgIpc) is 3.38. The number of morpholine rings is 1. The average molecular weight is 507 g/mol. The zero-order chi connectivity index (χ0) is 24.7. The fraction of sp³-hybridized carbons (Fsp3) is 0.429. The molecule has 0 spiro atoms. The number of amides is 2. The molecule has 0 bridgehead atoms. The number of benzene rings is 2. The molecule has 3 aliphatic rings. The van der Waals surface area contributed by atoms with Gasteiger partial charge in [-0.15, -0.1) is 0 Å². The lowest BCUT2D eigenvalue weighted by Gasteiger charge is -2.31. The number of carbonyl (C=O) groups excluding carboxylic acids is 2. The molecule has 7 nitrogen and oxygen atoms in total. The Morgan fingerprint density at radius 2 is 1.89 bits per heavy atom. The van der Waals surface area contributed by atoms with Gasteiger partial charge in [0.05, 0.1) is 13.2 Å². The zero-order valence-corrected chi connectivity index (χ0v) is 21.0. The number of rotatable bonds is 7. The van der Waals surface area contributed by atoms with Gasteiger partial charge in [-0.25, -0.2) is 0 Å². The summed E-state index contributed by atoms with van der Waals surface area (Å²) in [6, 6.07) is 15.9. The third-order valence-corrected chi connectivity index (χ3v) is 8.09. The summed E-state index contributed by atoms with van der Waals surface area (Å²) in [7, 11) is 0. The van der Waals surface area contributed by atoms with E-state index in [1.807, 2.05) is 17.0 Å². The molecule has 1 saturated carbocycles. The van der Waals surface area contributed by atoms with Crippen LogP contribution in [-0.2, 0) is 14.9 Å². The van der Waals surface area contributed by atoms with Gasteiger partial charge in [-0.3, -0.25) is 14.5 Å². The van der Waals surface area contributed by atoms with E-state index in [9.17, 15) is 9.59 Å². The second-order valence-corrected chi connectivity index (χ2v) is 10.9. The number of aromatic nitrogens is 1. The molecular weight excluding hydrogens is 476 g/mol. The van der Waals surface area contributed by atoms with E-state index in [1.165, 1.54) is 18.4 Å². The number of fused-ring (bicyclic) bond motifs is 1. The van der Waals surface area contributed by atoms with Gasteiger partial charge in [0.25, 0.3) is 5.91 Å². The summed E-state index contributed by atoms with van der Waals surface area (Å²) in [5.74, 6) is 0.0142. The van der Waals surface area contributed by atoms with E-state index in [-0.39, 0.29) is 23.1 Å². The monoisotopic (exact) mass is 506 g/mol. The van der Waals surface area contributed by atoms with Crippen molar-refractivity contribution in [3.8, 4) is 0 Å². The van der Waals surface area contributed by atoms with Crippen molar-refractivity contribution in [3.05, 3.63) is 64.8 Å². The third kappa shape index (κ3) is 4.75. The molecule has 2 aromatic carbocycles. The van der Waals surface area contributed by atoms with Crippen molar-refractivity contribution in [2.24, 2.45) is 5.92 Å². The number of nitrogens with one attached hydrogen (secondary N) is 2. The molecule has 3 aromatic rings. The van der Waals surface area contributed by atoms with Crippen molar-refractivity contribution >= 4 is 40.0 Å². The van der Waals surface area contributed by atoms with E-state index in [4.69, 9.17) is 16.3 Å². The molecule has 8 heteroatoms. The number of ether oxygens (including phenoxy) is 1. The first-order chi connectivity index (χ1) is 17.5. The molecular formula is C28H31ClN4O3. The number of aromatic amines is 1. The molecule has 2 saturated heterocycles. The maximum Gasteiger partial charge on any atom is 0.267 e. The highest BCUT2D eigenvalue weighted by Crippen LogP contribution is 2.49. The molecule has 1 unspecified atom stereocenters. The van der Waals surface area contributed by atoms with Crippen molar-refractivity contribution in [1.82, 2.24) is 15.2 Å². The first-order valence-corrected chi connectivity index (χ1v) is 13.1. The third-order valence-electron chi connectivity index (χ3n) is 7.86. The van der Waals surface area contributed by atoms with Gasteiger partial charge >= 0.3 is 0 Å². The van der Waals surface area contributed by atoms with Gasteiger partial charge in [0, 0.05) is 72.1 Å². The number of H-pyrrole nitrogens is 1. The minimum atomic E-state index is -0.174. The SMILES string of the molecule is O=C(NCC1CC(=O)N(c2ccc(C3(CN4CCOCC4)CC3)cc2)C1)c1cc2cc(Cl)ccc2[nH]1. The highest BCUT2D eigenvalue weighted by Gasteiger charge is 2.45. The topological polar surface area (TPSA) is 77.7 Å². The lowest BCUT2D eigenvalue weighted by molar-refractivity contribution is -0.117. The number of anilines is 1. The van der Waals surface area contributed by atoms with Gasteiger partial charge in [0.2, 0.25) is 5.91 Å². The second-order valence-electron chi connectivity index (χ2n) is 10.4. The van der Waals surface area contributed by atoms with Crippen molar-refractivity contribution in [3.63, 3.8) is 0 Å². The first-order valence-electron chi connectivity index (χ1n) is 12.8. The van der Waals surface area contributed by atoms with Gasteiger partial charge in [0.15, 0.2) is 0 Å². The minimum absolute atomic E-state index is 0.0797. The lowest BCUT2D eigenvalue weighted by Crippen LogP contribution is -2.41. The summed E-state index contributed by atoms with van der Waals surface area (Å²) in [5, 5.41) is 4.52. The largest absolute Gasteiger partial charge is 0.379 e. The summed E-state index contributed by atoms with van der Waals surface area (Å²) in [5.41, 5.74) is 3.93. The Balaban J connectivity index is 1.05. The normalized spacial score (nSPS) is 21.8. The summed E-state index contributed by atoms with van der Waals surface area (Å²) < 4.78 is 5.49. The number of carbonyl (C=O) groups is 2. The van der Waals surface area contributed by atoms with E-state index >= 15 is 0 Å². The van der Waals surface area contributed by atoms with E-state index < -0.39 is 0 Å². The molecule has 2 aliphatic heterocycles. The van der Waals surface area contributed by atoms with Crippen LogP contribution in [0.5, 0.6) is 0 Å². The van der Waals surface area contributed by atoms with Gasteiger partial charge < -0.3 is 19.9 Å². The summed E-state index contributed by atoms with van der Waals surface area (Å²) >= 11 is 6.05. The lowest BCUT2D eigenvalue weighted by atomic mass is 9.94. The Bertz CT molecular complexity index is 1280. The molecule has 2 amide bonds. The maximum absolute atomic E-state index is 12.8. The first kappa shape index (κ1) is 23.5. The van der Waals surface area contributed by atoms with Gasteiger partial charge in [-0.1, -0.05) is 23.7 Å². The molecule has 3 fully saturated rings. The van der Waals surface area contributed by atoms with Crippen molar-refractivity contribution in [2.45, 2.75) is 24.7 Å². The van der Waals surface area contributed by atoms with Crippen LogP contribution in [0.2, 0.25) is 5.02 Å². The molecule has 36 heavy (non-hydrogen) atoms. The standard InChI is InChI=1S/C28H31ClN4O3/c29-22-3-6-24-20(14-22)15-25(31-24)27(35)30-16-19-13-26(34)33(17-19)23-4-1-21(2-5-23)28(7-8-28)18-32-9-11-36-12-10-32/h1-6,14-15,19,31H,7-13,16-18H2,(H,30,35). The molecule has 1 atom stereocenters. The molecule has 6 rings (SSSR count). The molecule has 2 N–H and O–H groups in total. The fourth-order valence-corrected chi connectivity index (χ4v) is 5.78. The van der Waals surface area contributed by atoms with Crippen molar-refractivity contribution in [1.29, 1.82) is 0 Å². The maximum atomic E-state index is 12.8. The number of hydrogen-bond acceptors (Lipinski definition) is 4. The second kappa shape index (κ2) is 9.54. The minimum Gasteiger partial charge on any atom is -0.379 e. The van der Waals surface area contributed by atoms with Crippen LogP contribution < -0.4 is 10.2 Å². The van der Waals surface area contributed by atoms with E-state index in [0.717, 1.165) is 49.4 Å². The van der Waals surface area contributed by atoms with Crippen LogP contribution in [0.15, 0.2) is 48.5 Å². The Hall–Kier alpha value is -2.87. The zero-order valence-electron chi connectivity index (χ0n) is 20.3. The van der Waals surface area contributed by atoms with Crippen LogP contribution in [0.25, 0.3) is 10.9 Å². The Morgan fingerprint density at radius 3 is 2.64 bits per heavy atom. The number of nitrogens with zero attached hydrogens (tertiary/aromatic N) is 2. The summed E-state index contributed by atoms with van der Waals surface area (Å²) in [6.07, 6.45) is 2.88. The van der Waals surface area contributed by atoms with Crippen LogP contribution in [0.4, 0.5) is 5.69 Å². The fourth-order valence-electron chi connectivity index (χ4n) is 5.60. The molecule has 1 aromatic heterocycles. The van der Waals surface area contributed by atoms with Gasteiger partial charge in [-0.2, -0.15) is 0 Å². The smallest absolute Gasteiger partial charge is 0.267 e. The van der Waals surface area contributed by atoms with Crippen molar-refractivity contribution < 1.29 is 14.3 Å². The molecule has 3 heterocycles. The summed E-state index contributed by atoms with van der Waals surface area (Å²) in [6.45, 7) is 5.82. The van der Waals surface area contributed by atoms with Gasteiger partial charge in [-0.05, 0) is 54.8 Å². The van der Waals surface area contributed by atoms with Gasteiger partial charge in [0.1, 0.15) is 5.69 Å². The van der Waals surface area contributed by atoms with Crippen LogP contribution in [0, 0.1) is 5.92 Å². The van der Waals surface area contributed by atoms with Crippen LogP contribution in [0.3, 0.4) is 0 Å². The van der Waals surface area contributed by atoms with Crippen LogP contribution in [-0.4, -0.2) is 67.6 Å². The Kier molecular flexibility index (Phi) is 6.23. The van der Waals surface area contributed by atoms with E-state index in [1.54, 1.807) is 12.1 Å². The molecule has 188 valence electrons. The summed E-state index contributed by atoms with van der Waals surface area (Å²) in [4.78, 5) is 33.0. The van der Waals surface area contributed by atoms with Crippen LogP contribution in [0.1, 0.15) is 35.3 Å². The predicted octanol–water partition coefficient (Wildman–Crippen LogP) is 3.97. The Morgan fingerprint density at radius 1 is 1.11 bits per heavy atom. The molecule has 0 radical (unpaired) electrons. The highest BCUT2D eigenvalue weighted by molar-refractivity contribution is 6.31. The van der Waals surface area contributed by atoms with E-state index in [2.05, 4.69) is 39.5 Å². The number of halogens is 1. The molecule has 1 aliphatic carbocycles. The highest BCUT2D eigenvalue weighted by atomic mass is 35.5.